The Kier molecular flexibility index (Phi) is 4.31. The van der Waals surface area contributed by atoms with Crippen molar-refractivity contribution in [2.45, 2.75) is 0 Å². The molecule has 2 heterocycles. The lowest BCUT2D eigenvalue weighted by Crippen LogP contribution is -1.99. The number of hydrogen-bond acceptors (Lipinski definition) is 3. The summed E-state index contributed by atoms with van der Waals surface area (Å²) in [5, 5.41) is 4.09. The fraction of sp³-hybridized carbons (Fsp3) is 0.143. The highest BCUT2D eigenvalue weighted by Crippen LogP contribution is 2.21. The molecule has 0 radical (unpaired) electrons. The van der Waals surface area contributed by atoms with Gasteiger partial charge >= 0.3 is 0 Å². The van der Waals surface area contributed by atoms with E-state index in [-0.39, 0.29) is 0 Å². The van der Waals surface area contributed by atoms with Gasteiger partial charge in [0, 0.05) is 9.75 Å². The van der Waals surface area contributed by atoms with Gasteiger partial charge < -0.3 is 4.74 Å². The summed E-state index contributed by atoms with van der Waals surface area (Å²) in [4.78, 5) is 2.37. The summed E-state index contributed by atoms with van der Waals surface area (Å²) in [6.07, 6.45) is 0. The summed E-state index contributed by atoms with van der Waals surface area (Å²) in [5.41, 5.74) is 2.05. The Morgan fingerprint density at radius 2 is 1.41 bits per heavy atom. The van der Waals surface area contributed by atoms with Crippen LogP contribution in [0.15, 0.2) is 48.2 Å². The fourth-order valence-electron chi connectivity index (χ4n) is 1.40. The quantitative estimate of drug-likeness (QED) is 0.742. The molecule has 0 N–H and O–H groups in total. The SMILES string of the molecule is C=C(COCC(=C)c1cccs1)c1cccs1. The second kappa shape index (κ2) is 5.96. The monoisotopic (exact) mass is 262 g/mol. The lowest BCUT2D eigenvalue weighted by atomic mass is 10.2. The van der Waals surface area contributed by atoms with Crippen molar-refractivity contribution in [2.24, 2.45) is 0 Å². The van der Waals surface area contributed by atoms with Crippen molar-refractivity contribution in [3.05, 3.63) is 57.9 Å². The Labute approximate surface area is 110 Å². The van der Waals surface area contributed by atoms with E-state index in [4.69, 9.17) is 4.74 Å². The third-order valence-corrected chi connectivity index (χ3v) is 4.24. The van der Waals surface area contributed by atoms with Crippen molar-refractivity contribution < 1.29 is 4.74 Å². The molecule has 0 saturated carbocycles. The Bertz CT molecular complexity index is 434. The predicted molar refractivity (Wildman–Crippen MR) is 77.5 cm³/mol. The minimum atomic E-state index is 0.560. The topological polar surface area (TPSA) is 9.23 Å². The summed E-state index contributed by atoms with van der Waals surface area (Å²) in [6, 6.07) is 8.17. The maximum Gasteiger partial charge on any atom is 0.0729 e. The Hall–Kier alpha value is -1.16. The van der Waals surface area contributed by atoms with Crippen LogP contribution in [0.4, 0.5) is 0 Å². The molecule has 17 heavy (non-hydrogen) atoms. The number of hydrogen-bond donors (Lipinski definition) is 0. The molecule has 0 unspecified atom stereocenters. The minimum absolute atomic E-state index is 0.560. The van der Waals surface area contributed by atoms with E-state index in [1.54, 1.807) is 22.7 Å². The van der Waals surface area contributed by atoms with Gasteiger partial charge in [-0.05, 0) is 34.0 Å². The fourth-order valence-corrected chi connectivity index (χ4v) is 2.77. The molecular weight excluding hydrogens is 248 g/mol. The van der Waals surface area contributed by atoms with Gasteiger partial charge in [-0.25, -0.2) is 0 Å². The molecule has 0 saturated heterocycles. The molecule has 2 aromatic rings. The van der Waals surface area contributed by atoms with E-state index in [9.17, 15) is 0 Å². The molecule has 0 aliphatic rings. The van der Waals surface area contributed by atoms with Crippen LogP contribution in [-0.2, 0) is 4.74 Å². The molecule has 0 spiro atoms. The highest BCUT2D eigenvalue weighted by molar-refractivity contribution is 7.11. The van der Waals surface area contributed by atoms with E-state index in [2.05, 4.69) is 25.3 Å². The lowest BCUT2D eigenvalue weighted by molar-refractivity contribution is 0.205. The minimum Gasteiger partial charge on any atom is -0.372 e. The Morgan fingerprint density at radius 3 is 1.76 bits per heavy atom. The van der Waals surface area contributed by atoms with Crippen LogP contribution in [0, 0.1) is 0 Å². The van der Waals surface area contributed by atoms with E-state index < -0.39 is 0 Å². The molecule has 0 aromatic carbocycles. The first-order chi connectivity index (χ1) is 8.27. The van der Waals surface area contributed by atoms with E-state index >= 15 is 0 Å². The number of rotatable bonds is 6. The van der Waals surface area contributed by atoms with E-state index in [0.29, 0.717) is 13.2 Å². The van der Waals surface area contributed by atoms with Gasteiger partial charge in [0.1, 0.15) is 0 Å². The maximum absolute atomic E-state index is 5.62. The Balaban J connectivity index is 1.77. The van der Waals surface area contributed by atoms with E-state index in [1.165, 1.54) is 9.75 Å². The summed E-state index contributed by atoms with van der Waals surface area (Å²) in [6.45, 7) is 9.15. The first-order valence-electron chi connectivity index (χ1n) is 5.28. The highest BCUT2D eigenvalue weighted by atomic mass is 32.1. The van der Waals surface area contributed by atoms with Crippen LogP contribution >= 0.6 is 22.7 Å². The van der Waals surface area contributed by atoms with Gasteiger partial charge in [-0.3, -0.25) is 0 Å². The summed E-state index contributed by atoms with van der Waals surface area (Å²) >= 11 is 3.38. The number of thiophene rings is 2. The summed E-state index contributed by atoms with van der Waals surface area (Å²) in [5.74, 6) is 0. The third-order valence-electron chi connectivity index (χ3n) is 2.29. The van der Waals surface area contributed by atoms with Crippen molar-refractivity contribution in [2.75, 3.05) is 13.2 Å². The van der Waals surface area contributed by atoms with Gasteiger partial charge in [0.25, 0.3) is 0 Å². The molecule has 2 rings (SSSR count). The smallest absolute Gasteiger partial charge is 0.0729 e. The van der Waals surface area contributed by atoms with E-state index in [0.717, 1.165) is 11.1 Å². The van der Waals surface area contributed by atoms with Gasteiger partial charge in [-0.2, -0.15) is 0 Å². The predicted octanol–water partition coefficient (Wildman–Crippen LogP) is 4.55. The molecular formula is C14H14OS2. The standard InChI is InChI=1S/C14H14OS2/c1-11(13-5-3-7-16-13)9-15-10-12(2)14-6-4-8-17-14/h3-8H,1-2,9-10H2. The molecule has 0 fully saturated rings. The molecule has 2 aromatic heterocycles. The zero-order chi connectivity index (χ0) is 12.1. The molecule has 0 amide bonds. The third kappa shape index (κ3) is 3.40. The first kappa shape index (κ1) is 12.3. The van der Waals surface area contributed by atoms with Crippen LogP contribution < -0.4 is 0 Å². The largest absolute Gasteiger partial charge is 0.372 e. The van der Waals surface area contributed by atoms with Gasteiger partial charge in [0.15, 0.2) is 0 Å². The zero-order valence-corrected chi connectivity index (χ0v) is 11.2. The maximum atomic E-state index is 5.62. The molecule has 0 aliphatic heterocycles. The first-order valence-corrected chi connectivity index (χ1v) is 7.04. The average Bonchev–Trinajstić information content (AvgIpc) is 3.02. The van der Waals surface area contributed by atoms with Gasteiger partial charge in [-0.1, -0.05) is 25.3 Å². The molecule has 0 atom stereocenters. The molecule has 0 aliphatic carbocycles. The van der Waals surface area contributed by atoms with Crippen molar-refractivity contribution >= 4 is 33.8 Å². The summed E-state index contributed by atoms with van der Waals surface area (Å²) in [7, 11) is 0. The van der Waals surface area contributed by atoms with Crippen LogP contribution in [0.3, 0.4) is 0 Å². The Morgan fingerprint density at radius 1 is 0.941 bits per heavy atom. The lowest BCUT2D eigenvalue weighted by Gasteiger charge is -2.06. The normalized spacial score (nSPS) is 10.4. The van der Waals surface area contributed by atoms with Crippen LogP contribution in [0.2, 0.25) is 0 Å². The average molecular weight is 262 g/mol. The molecule has 1 nitrogen and oxygen atoms in total. The van der Waals surface area contributed by atoms with Crippen molar-refractivity contribution in [3.8, 4) is 0 Å². The van der Waals surface area contributed by atoms with Crippen LogP contribution in [0.25, 0.3) is 11.1 Å². The second-order valence-corrected chi connectivity index (χ2v) is 5.55. The van der Waals surface area contributed by atoms with Crippen LogP contribution in [0.1, 0.15) is 9.75 Å². The molecule has 88 valence electrons. The van der Waals surface area contributed by atoms with Gasteiger partial charge in [0.2, 0.25) is 0 Å². The number of ether oxygens (including phenoxy) is 1. The highest BCUT2D eigenvalue weighted by Gasteiger charge is 2.03. The molecule has 0 bridgehead atoms. The van der Waals surface area contributed by atoms with Crippen molar-refractivity contribution in [1.82, 2.24) is 0 Å². The summed E-state index contributed by atoms with van der Waals surface area (Å²) < 4.78 is 5.62. The van der Waals surface area contributed by atoms with Crippen molar-refractivity contribution in [3.63, 3.8) is 0 Å². The van der Waals surface area contributed by atoms with Gasteiger partial charge in [0.05, 0.1) is 13.2 Å². The zero-order valence-electron chi connectivity index (χ0n) is 9.52. The van der Waals surface area contributed by atoms with Crippen LogP contribution in [-0.4, -0.2) is 13.2 Å². The van der Waals surface area contributed by atoms with Crippen LogP contribution in [0.5, 0.6) is 0 Å². The molecule has 3 heteroatoms. The van der Waals surface area contributed by atoms with Gasteiger partial charge in [-0.15, -0.1) is 22.7 Å². The van der Waals surface area contributed by atoms with Crippen molar-refractivity contribution in [1.29, 1.82) is 0 Å². The second-order valence-electron chi connectivity index (χ2n) is 3.65. The van der Waals surface area contributed by atoms with E-state index in [1.807, 2.05) is 22.9 Å².